The summed E-state index contributed by atoms with van der Waals surface area (Å²) in [5.74, 6) is 0. The lowest BCUT2D eigenvalue weighted by Gasteiger charge is -2.27. The Morgan fingerprint density at radius 2 is 1.33 bits per heavy atom. The Kier molecular flexibility index (Phi) is 4.09. The molecular formula is C9H13N3O3. The Labute approximate surface area is 87.4 Å². The third-order valence-electron chi connectivity index (χ3n) is 1.91. The third kappa shape index (κ3) is 3.13. The van der Waals surface area contributed by atoms with Gasteiger partial charge in [0, 0.05) is 0 Å². The fourth-order valence-corrected chi connectivity index (χ4v) is 1.33. The van der Waals surface area contributed by atoms with Crippen LogP contribution in [0.1, 0.15) is 27.7 Å². The first-order valence-electron chi connectivity index (χ1n) is 4.23. The largest absolute Gasteiger partial charge is 0.411 e. The lowest BCUT2D eigenvalue weighted by Crippen LogP contribution is -2.44. The van der Waals surface area contributed by atoms with Gasteiger partial charge in [0.15, 0.2) is 0 Å². The van der Waals surface area contributed by atoms with E-state index < -0.39 is 11.1 Å². The van der Waals surface area contributed by atoms with Crippen LogP contribution in [0, 0.1) is 0 Å². The van der Waals surface area contributed by atoms with Gasteiger partial charge in [0.1, 0.15) is 16.8 Å². The second-order valence-corrected chi connectivity index (χ2v) is 3.97. The van der Waals surface area contributed by atoms with Crippen molar-refractivity contribution >= 4 is 17.9 Å². The molecule has 0 aliphatic heterocycles. The summed E-state index contributed by atoms with van der Waals surface area (Å²) in [5, 5.41) is 11.9. The van der Waals surface area contributed by atoms with Gasteiger partial charge in [-0.3, -0.25) is 0 Å². The van der Waals surface area contributed by atoms with Crippen LogP contribution in [-0.2, 0) is 9.59 Å². The molecule has 0 atom stereocenters. The summed E-state index contributed by atoms with van der Waals surface area (Å²) >= 11 is 0. The Bertz CT molecular complexity index is 327. The van der Waals surface area contributed by atoms with E-state index in [2.05, 4.69) is 15.1 Å². The van der Waals surface area contributed by atoms with Crippen LogP contribution < -0.4 is 0 Å². The number of oxime groups is 1. The van der Waals surface area contributed by atoms with Gasteiger partial charge in [-0.15, -0.1) is 0 Å². The summed E-state index contributed by atoms with van der Waals surface area (Å²) in [4.78, 5) is 27.4. The van der Waals surface area contributed by atoms with Crippen LogP contribution in [0.4, 0.5) is 0 Å². The van der Waals surface area contributed by atoms with Gasteiger partial charge in [-0.05, 0) is 27.7 Å². The van der Waals surface area contributed by atoms with Crippen LogP contribution in [0.15, 0.2) is 15.1 Å². The molecule has 0 aromatic rings. The molecule has 15 heavy (non-hydrogen) atoms. The average Bonchev–Trinajstić information content (AvgIpc) is 2.02. The van der Waals surface area contributed by atoms with Crippen LogP contribution in [0.25, 0.3) is 0 Å². The minimum atomic E-state index is -1.07. The minimum absolute atomic E-state index is 0.0849. The first kappa shape index (κ1) is 13.2. The summed E-state index contributed by atoms with van der Waals surface area (Å²) in [7, 11) is 0. The van der Waals surface area contributed by atoms with Crippen molar-refractivity contribution in [1.29, 1.82) is 0 Å². The van der Waals surface area contributed by atoms with Gasteiger partial charge in [0.05, 0.1) is 0 Å². The molecule has 0 unspecified atom stereocenters. The molecule has 0 heterocycles. The zero-order valence-electron chi connectivity index (χ0n) is 9.11. The topological polar surface area (TPSA) is 91.4 Å². The number of aliphatic imine (C=N–C) groups is 2. The fraction of sp³-hybridized carbons (Fsp3) is 0.667. The van der Waals surface area contributed by atoms with Crippen LogP contribution in [-0.4, -0.2) is 34.2 Å². The SMILES string of the molecule is CC(C)(N=C=O)C(=NO)C(C)(C)N=C=O. The number of hydrogen-bond donors (Lipinski definition) is 1. The highest BCUT2D eigenvalue weighted by Gasteiger charge is 2.38. The summed E-state index contributed by atoms with van der Waals surface area (Å²) in [6.07, 6.45) is 2.76. The molecule has 0 rings (SSSR count). The fourth-order valence-electron chi connectivity index (χ4n) is 1.33. The van der Waals surface area contributed by atoms with Gasteiger partial charge < -0.3 is 5.21 Å². The van der Waals surface area contributed by atoms with E-state index >= 15 is 0 Å². The molecular weight excluding hydrogens is 198 g/mol. The lowest BCUT2D eigenvalue weighted by molar-refractivity contribution is 0.308. The standard InChI is InChI=1S/C9H13N3O3/c1-8(2,10-5-13)7(12-15)9(3,4)11-6-14/h15H,1-4H3. The van der Waals surface area contributed by atoms with Gasteiger partial charge in [-0.25, -0.2) is 9.59 Å². The molecule has 82 valence electrons. The van der Waals surface area contributed by atoms with E-state index in [4.69, 9.17) is 5.21 Å². The van der Waals surface area contributed by atoms with Gasteiger partial charge in [-0.2, -0.15) is 9.98 Å². The van der Waals surface area contributed by atoms with Crippen molar-refractivity contribution in [2.24, 2.45) is 15.1 Å². The Morgan fingerprint density at radius 1 is 1.00 bits per heavy atom. The van der Waals surface area contributed by atoms with Crippen molar-refractivity contribution in [3.05, 3.63) is 0 Å². The molecule has 0 aliphatic carbocycles. The zero-order chi connectivity index (χ0) is 12.1. The predicted molar refractivity (Wildman–Crippen MR) is 53.6 cm³/mol. The molecule has 0 saturated carbocycles. The van der Waals surface area contributed by atoms with E-state index in [0.717, 1.165) is 0 Å². The maximum Gasteiger partial charge on any atom is 0.235 e. The van der Waals surface area contributed by atoms with Crippen molar-refractivity contribution in [2.45, 2.75) is 38.8 Å². The van der Waals surface area contributed by atoms with Gasteiger partial charge in [-0.1, -0.05) is 5.16 Å². The number of rotatable bonds is 4. The van der Waals surface area contributed by atoms with Crippen molar-refractivity contribution in [1.82, 2.24) is 0 Å². The Morgan fingerprint density at radius 3 is 1.53 bits per heavy atom. The monoisotopic (exact) mass is 211 g/mol. The van der Waals surface area contributed by atoms with E-state index in [0.29, 0.717) is 0 Å². The highest BCUT2D eigenvalue weighted by atomic mass is 16.4. The van der Waals surface area contributed by atoms with Crippen molar-refractivity contribution in [2.75, 3.05) is 0 Å². The summed E-state index contributed by atoms with van der Waals surface area (Å²) in [5.41, 5.74) is -2.05. The Hall–Kier alpha value is -1.77. The zero-order valence-corrected chi connectivity index (χ0v) is 9.11. The minimum Gasteiger partial charge on any atom is -0.411 e. The summed E-state index contributed by atoms with van der Waals surface area (Å²) < 4.78 is 0. The molecule has 0 fully saturated rings. The van der Waals surface area contributed by atoms with Crippen molar-refractivity contribution in [3.63, 3.8) is 0 Å². The molecule has 6 heteroatoms. The quantitative estimate of drug-likeness (QED) is 0.326. The van der Waals surface area contributed by atoms with E-state index in [1.54, 1.807) is 27.7 Å². The molecule has 1 N–H and O–H groups in total. The lowest BCUT2D eigenvalue weighted by atomic mass is 9.85. The second kappa shape index (κ2) is 4.64. The van der Waals surface area contributed by atoms with E-state index in [9.17, 15) is 9.59 Å². The van der Waals surface area contributed by atoms with Gasteiger partial charge in [0.25, 0.3) is 0 Å². The van der Waals surface area contributed by atoms with Crippen LogP contribution >= 0.6 is 0 Å². The maximum absolute atomic E-state index is 10.2. The Balaban J connectivity index is 5.46. The molecule has 0 aromatic carbocycles. The van der Waals surface area contributed by atoms with E-state index in [1.807, 2.05) is 0 Å². The number of hydrogen-bond acceptors (Lipinski definition) is 6. The molecule has 0 aromatic heterocycles. The van der Waals surface area contributed by atoms with Gasteiger partial charge in [0.2, 0.25) is 12.2 Å². The summed E-state index contributed by atoms with van der Waals surface area (Å²) in [6.45, 7) is 6.20. The molecule has 0 radical (unpaired) electrons. The average molecular weight is 211 g/mol. The molecule has 0 saturated heterocycles. The predicted octanol–water partition coefficient (Wildman–Crippen LogP) is 1.05. The van der Waals surface area contributed by atoms with Crippen molar-refractivity contribution < 1.29 is 14.8 Å². The van der Waals surface area contributed by atoms with Crippen LogP contribution in [0.3, 0.4) is 0 Å². The summed E-state index contributed by atoms with van der Waals surface area (Å²) in [6, 6.07) is 0. The van der Waals surface area contributed by atoms with E-state index in [-0.39, 0.29) is 5.71 Å². The highest BCUT2D eigenvalue weighted by molar-refractivity contribution is 6.00. The number of isocyanates is 2. The number of carbonyl (C=O) groups excluding carboxylic acids is 2. The maximum atomic E-state index is 10.2. The molecule has 0 aliphatic rings. The van der Waals surface area contributed by atoms with Crippen molar-refractivity contribution in [3.8, 4) is 0 Å². The molecule has 0 amide bonds. The van der Waals surface area contributed by atoms with E-state index in [1.165, 1.54) is 12.2 Å². The smallest absolute Gasteiger partial charge is 0.235 e. The van der Waals surface area contributed by atoms with Gasteiger partial charge >= 0.3 is 0 Å². The molecule has 6 nitrogen and oxygen atoms in total. The highest BCUT2D eigenvalue weighted by Crippen LogP contribution is 2.23. The van der Waals surface area contributed by atoms with Crippen LogP contribution in [0.2, 0.25) is 0 Å². The second-order valence-electron chi connectivity index (χ2n) is 3.97. The third-order valence-corrected chi connectivity index (χ3v) is 1.91. The van der Waals surface area contributed by atoms with Crippen LogP contribution in [0.5, 0.6) is 0 Å². The normalized spacial score (nSPS) is 10.9. The first-order valence-corrected chi connectivity index (χ1v) is 4.23. The molecule has 0 bridgehead atoms. The first-order chi connectivity index (χ1) is 6.81. The molecule has 0 spiro atoms. The number of nitrogens with zero attached hydrogens (tertiary/aromatic N) is 3.